The minimum atomic E-state index is -0.282. The zero-order valence-corrected chi connectivity index (χ0v) is 14.0. The third-order valence-electron chi connectivity index (χ3n) is 4.85. The van der Waals surface area contributed by atoms with Crippen molar-refractivity contribution in [2.45, 2.75) is 45.3 Å². The predicted octanol–water partition coefficient (Wildman–Crippen LogP) is 3.08. The van der Waals surface area contributed by atoms with Crippen molar-refractivity contribution in [3.05, 3.63) is 39.7 Å². The van der Waals surface area contributed by atoms with Crippen LogP contribution in [0.25, 0.3) is 11.0 Å². The van der Waals surface area contributed by atoms with Crippen LogP contribution >= 0.6 is 0 Å². The molecule has 1 saturated heterocycles. The molecule has 0 aliphatic carbocycles. The van der Waals surface area contributed by atoms with Gasteiger partial charge in [0.2, 0.25) is 0 Å². The normalized spacial score (nSPS) is 21.0. The first-order valence-corrected chi connectivity index (χ1v) is 8.80. The smallest absolute Gasteiger partial charge is 0.336 e. The molecular formula is C19H23NO4. The van der Waals surface area contributed by atoms with Crippen LogP contribution in [0.3, 0.4) is 0 Å². The summed E-state index contributed by atoms with van der Waals surface area (Å²) < 4.78 is 17.2. The molecule has 1 fully saturated rings. The van der Waals surface area contributed by atoms with Gasteiger partial charge in [-0.3, -0.25) is 4.90 Å². The highest BCUT2D eigenvalue weighted by atomic mass is 16.5. The van der Waals surface area contributed by atoms with Crippen molar-refractivity contribution in [1.29, 1.82) is 0 Å². The second-order valence-corrected chi connectivity index (χ2v) is 6.68. The SMILES string of the molecule is CCCc1cc(=O)oc2c3c(ccc12)OCN(C[C@H]1CCCO1)C3. The van der Waals surface area contributed by atoms with Gasteiger partial charge in [0, 0.05) is 31.1 Å². The minimum Gasteiger partial charge on any atom is -0.478 e. The highest BCUT2D eigenvalue weighted by Gasteiger charge is 2.25. The topological polar surface area (TPSA) is 51.9 Å². The fourth-order valence-corrected chi connectivity index (χ4v) is 3.71. The van der Waals surface area contributed by atoms with E-state index >= 15 is 0 Å². The molecule has 0 bridgehead atoms. The fraction of sp³-hybridized carbons (Fsp3) is 0.526. The van der Waals surface area contributed by atoms with Gasteiger partial charge in [0.15, 0.2) is 0 Å². The number of hydrogen-bond acceptors (Lipinski definition) is 5. The summed E-state index contributed by atoms with van der Waals surface area (Å²) in [6.45, 7) is 5.11. The van der Waals surface area contributed by atoms with Gasteiger partial charge in [-0.05, 0) is 37.0 Å². The molecule has 0 amide bonds. The molecule has 0 spiro atoms. The molecule has 3 heterocycles. The lowest BCUT2D eigenvalue weighted by Crippen LogP contribution is -2.37. The fourth-order valence-electron chi connectivity index (χ4n) is 3.71. The van der Waals surface area contributed by atoms with Crippen LogP contribution in [0.4, 0.5) is 0 Å². The lowest BCUT2D eigenvalue weighted by Gasteiger charge is -2.30. The molecule has 1 aromatic heterocycles. The van der Waals surface area contributed by atoms with Gasteiger partial charge >= 0.3 is 5.63 Å². The Hall–Kier alpha value is -1.85. The summed E-state index contributed by atoms with van der Waals surface area (Å²) >= 11 is 0. The van der Waals surface area contributed by atoms with E-state index < -0.39 is 0 Å². The molecule has 2 aliphatic rings. The number of aryl methyl sites for hydroxylation is 1. The summed E-state index contributed by atoms with van der Waals surface area (Å²) in [5, 5.41) is 1.03. The molecule has 0 N–H and O–H groups in total. The van der Waals surface area contributed by atoms with E-state index in [0.29, 0.717) is 12.3 Å². The highest BCUT2D eigenvalue weighted by molar-refractivity contribution is 5.85. The maximum absolute atomic E-state index is 12.0. The predicted molar refractivity (Wildman–Crippen MR) is 91.4 cm³/mol. The van der Waals surface area contributed by atoms with Gasteiger partial charge in [-0.2, -0.15) is 0 Å². The van der Waals surface area contributed by atoms with E-state index in [4.69, 9.17) is 13.9 Å². The van der Waals surface area contributed by atoms with Gasteiger partial charge in [0.25, 0.3) is 0 Å². The number of nitrogens with zero attached hydrogens (tertiary/aromatic N) is 1. The zero-order chi connectivity index (χ0) is 16.5. The van der Waals surface area contributed by atoms with Crippen molar-refractivity contribution in [2.75, 3.05) is 19.9 Å². The number of ether oxygens (including phenoxy) is 2. The average molecular weight is 329 g/mol. The number of benzene rings is 1. The second kappa shape index (κ2) is 6.57. The molecule has 4 rings (SSSR count). The third-order valence-corrected chi connectivity index (χ3v) is 4.85. The molecule has 0 saturated carbocycles. The van der Waals surface area contributed by atoms with E-state index in [1.807, 2.05) is 12.1 Å². The van der Waals surface area contributed by atoms with Crippen molar-refractivity contribution in [3.63, 3.8) is 0 Å². The Morgan fingerprint density at radius 3 is 3.04 bits per heavy atom. The largest absolute Gasteiger partial charge is 0.478 e. The summed E-state index contributed by atoms with van der Waals surface area (Å²) in [6, 6.07) is 5.63. The Morgan fingerprint density at radius 1 is 1.33 bits per heavy atom. The monoisotopic (exact) mass is 329 g/mol. The Bertz CT molecular complexity index is 792. The van der Waals surface area contributed by atoms with Crippen LogP contribution in [-0.2, 0) is 17.7 Å². The van der Waals surface area contributed by atoms with Gasteiger partial charge in [-0.25, -0.2) is 4.79 Å². The first-order valence-electron chi connectivity index (χ1n) is 8.80. The number of fused-ring (bicyclic) bond motifs is 3. The van der Waals surface area contributed by atoms with Gasteiger partial charge in [0.1, 0.15) is 18.1 Å². The van der Waals surface area contributed by atoms with Gasteiger partial charge in [-0.15, -0.1) is 0 Å². The minimum absolute atomic E-state index is 0.282. The molecule has 5 heteroatoms. The standard InChI is InChI=1S/C19H23NO4/c1-2-4-13-9-18(21)24-19-15(13)6-7-17-16(19)11-20(12-23-17)10-14-5-3-8-22-14/h6-7,9,14H,2-5,8,10-12H2,1H3/t14-/m1/s1. The first kappa shape index (κ1) is 15.7. The number of hydrogen-bond donors (Lipinski definition) is 0. The Kier molecular flexibility index (Phi) is 4.29. The van der Waals surface area contributed by atoms with E-state index in [-0.39, 0.29) is 11.7 Å². The molecule has 1 aromatic carbocycles. The van der Waals surface area contributed by atoms with Crippen LogP contribution in [0.5, 0.6) is 5.75 Å². The zero-order valence-electron chi connectivity index (χ0n) is 14.0. The molecular weight excluding hydrogens is 306 g/mol. The maximum Gasteiger partial charge on any atom is 0.336 e. The summed E-state index contributed by atoms with van der Waals surface area (Å²) in [7, 11) is 0. The van der Waals surface area contributed by atoms with Crippen LogP contribution in [0.1, 0.15) is 37.3 Å². The quantitative estimate of drug-likeness (QED) is 0.807. The summed E-state index contributed by atoms with van der Waals surface area (Å²) in [5.41, 5.74) is 2.44. The van der Waals surface area contributed by atoms with Crippen LogP contribution < -0.4 is 10.4 Å². The van der Waals surface area contributed by atoms with Crippen LogP contribution in [0.15, 0.2) is 27.4 Å². The Morgan fingerprint density at radius 2 is 2.25 bits per heavy atom. The van der Waals surface area contributed by atoms with Gasteiger partial charge in [-0.1, -0.05) is 13.3 Å². The van der Waals surface area contributed by atoms with Crippen molar-refractivity contribution < 1.29 is 13.9 Å². The maximum atomic E-state index is 12.0. The summed E-state index contributed by atoms with van der Waals surface area (Å²) in [6.07, 6.45) is 4.40. The summed E-state index contributed by atoms with van der Waals surface area (Å²) in [5.74, 6) is 0.822. The first-order chi connectivity index (χ1) is 11.7. The van der Waals surface area contributed by atoms with Crippen LogP contribution in [-0.4, -0.2) is 30.9 Å². The second-order valence-electron chi connectivity index (χ2n) is 6.68. The van der Waals surface area contributed by atoms with Crippen molar-refractivity contribution >= 4 is 11.0 Å². The van der Waals surface area contributed by atoms with Crippen LogP contribution in [0.2, 0.25) is 0 Å². The van der Waals surface area contributed by atoms with Gasteiger partial charge in [0.05, 0.1) is 11.7 Å². The lowest BCUT2D eigenvalue weighted by molar-refractivity contribution is 0.0281. The average Bonchev–Trinajstić information content (AvgIpc) is 3.08. The van der Waals surface area contributed by atoms with Gasteiger partial charge < -0.3 is 13.9 Å². The van der Waals surface area contributed by atoms with E-state index in [2.05, 4.69) is 11.8 Å². The molecule has 2 aliphatic heterocycles. The van der Waals surface area contributed by atoms with Crippen molar-refractivity contribution in [3.8, 4) is 5.75 Å². The molecule has 2 aromatic rings. The molecule has 5 nitrogen and oxygen atoms in total. The van der Waals surface area contributed by atoms with E-state index in [1.165, 1.54) is 0 Å². The molecule has 24 heavy (non-hydrogen) atoms. The van der Waals surface area contributed by atoms with Crippen molar-refractivity contribution in [2.24, 2.45) is 0 Å². The number of rotatable bonds is 4. The van der Waals surface area contributed by atoms with E-state index in [0.717, 1.165) is 67.6 Å². The Balaban J connectivity index is 1.69. The third kappa shape index (κ3) is 2.94. The van der Waals surface area contributed by atoms with Crippen LogP contribution in [0, 0.1) is 0 Å². The molecule has 1 atom stereocenters. The van der Waals surface area contributed by atoms with Crippen molar-refractivity contribution in [1.82, 2.24) is 4.90 Å². The van der Waals surface area contributed by atoms with E-state index in [9.17, 15) is 4.79 Å². The highest BCUT2D eigenvalue weighted by Crippen LogP contribution is 2.33. The lowest BCUT2D eigenvalue weighted by atomic mass is 10.0. The summed E-state index contributed by atoms with van der Waals surface area (Å²) in [4.78, 5) is 14.2. The van der Waals surface area contributed by atoms with E-state index in [1.54, 1.807) is 6.07 Å². The molecule has 0 unspecified atom stereocenters. The molecule has 0 radical (unpaired) electrons. The molecule has 128 valence electrons. The Labute approximate surface area is 141 Å².